The van der Waals surface area contributed by atoms with Crippen molar-refractivity contribution in [3.63, 3.8) is 0 Å². The quantitative estimate of drug-likeness (QED) is 0.797. The van der Waals surface area contributed by atoms with Crippen molar-refractivity contribution in [3.05, 3.63) is 34.9 Å². The second kappa shape index (κ2) is 4.30. The van der Waals surface area contributed by atoms with Crippen molar-refractivity contribution in [1.29, 1.82) is 0 Å². The molecule has 76 valence electrons. The van der Waals surface area contributed by atoms with Crippen molar-refractivity contribution < 1.29 is 5.11 Å². The Bertz CT molecular complexity index is 312. The summed E-state index contributed by atoms with van der Waals surface area (Å²) in [6, 6.07) is 7.77. The van der Waals surface area contributed by atoms with Crippen LogP contribution >= 0.6 is 11.6 Å². The Morgan fingerprint density at radius 1 is 1.50 bits per heavy atom. The number of halogens is 1. The van der Waals surface area contributed by atoms with Crippen LogP contribution in [-0.2, 0) is 0 Å². The van der Waals surface area contributed by atoms with Crippen molar-refractivity contribution in [1.82, 2.24) is 5.32 Å². The normalized spacial score (nSPS) is 19.0. The smallest absolute Gasteiger partial charge is 0.0503 e. The lowest BCUT2D eigenvalue weighted by Gasteiger charge is -2.34. The molecule has 0 aliphatic carbocycles. The van der Waals surface area contributed by atoms with Crippen LogP contribution in [0.5, 0.6) is 0 Å². The van der Waals surface area contributed by atoms with Gasteiger partial charge in [0.05, 0.1) is 6.61 Å². The average Bonchev–Trinajstić information content (AvgIpc) is 2.10. The van der Waals surface area contributed by atoms with Crippen molar-refractivity contribution in [3.8, 4) is 0 Å². The molecule has 0 saturated carbocycles. The fourth-order valence-corrected chi connectivity index (χ4v) is 2.06. The van der Waals surface area contributed by atoms with Gasteiger partial charge < -0.3 is 10.4 Å². The maximum absolute atomic E-state index is 9.33. The zero-order valence-corrected chi connectivity index (χ0v) is 8.67. The van der Waals surface area contributed by atoms with Gasteiger partial charge in [-0.1, -0.05) is 23.7 Å². The summed E-state index contributed by atoms with van der Waals surface area (Å²) in [6.45, 7) is 2.20. The molecule has 0 aromatic heterocycles. The molecule has 0 radical (unpaired) electrons. The molecule has 0 spiro atoms. The lowest BCUT2D eigenvalue weighted by atomic mass is 9.83. The highest BCUT2D eigenvalue weighted by atomic mass is 35.5. The molecule has 1 atom stereocenters. The van der Waals surface area contributed by atoms with E-state index in [-0.39, 0.29) is 12.5 Å². The second-order valence-corrected chi connectivity index (χ2v) is 4.20. The molecule has 1 unspecified atom stereocenters. The highest BCUT2D eigenvalue weighted by Crippen LogP contribution is 2.28. The van der Waals surface area contributed by atoms with Crippen LogP contribution < -0.4 is 5.32 Å². The molecule has 1 aliphatic rings. The molecule has 0 bridgehead atoms. The third-order valence-corrected chi connectivity index (χ3v) is 3.09. The molecule has 1 fully saturated rings. The topological polar surface area (TPSA) is 32.3 Å². The molecule has 1 heterocycles. The van der Waals surface area contributed by atoms with Gasteiger partial charge in [-0.3, -0.25) is 0 Å². The van der Waals surface area contributed by atoms with Gasteiger partial charge in [-0.25, -0.2) is 0 Å². The monoisotopic (exact) mass is 211 g/mol. The molecule has 2 N–H and O–H groups in total. The second-order valence-electron chi connectivity index (χ2n) is 3.76. The van der Waals surface area contributed by atoms with Gasteiger partial charge in [-0.05, 0) is 36.7 Å². The van der Waals surface area contributed by atoms with E-state index in [1.807, 2.05) is 24.3 Å². The van der Waals surface area contributed by atoms with Crippen LogP contribution in [0, 0.1) is 5.92 Å². The highest BCUT2D eigenvalue weighted by molar-refractivity contribution is 6.30. The first kappa shape index (κ1) is 9.97. The van der Waals surface area contributed by atoms with Gasteiger partial charge in [0, 0.05) is 10.9 Å². The van der Waals surface area contributed by atoms with E-state index >= 15 is 0 Å². The first-order valence-electron chi connectivity index (χ1n) is 4.88. The van der Waals surface area contributed by atoms with Crippen LogP contribution in [-0.4, -0.2) is 24.8 Å². The van der Waals surface area contributed by atoms with Crippen LogP contribution in [0.2, 0.25) is 5.02 Å². The summed E-state index contributed by atoms with van der Waals surface area (Å²) >= 11 is 5.91. The predicted molar refractivity (Wildman–Crippen MR) is 57.6 cm³/mol. The summed E-state index contributed by atoms with van der Waals surface area (Å²) in [7, 11) is 0. The third-order valence-electron chi connectivity index (χ3n) is 2.86. The van der Waals surface area contributed by atoms with Crippen LogP contribution in [0.1, 0.15) is 11.5 Å². The molecule has 1 aromatic rings. The minimum Gasteiger partial charge on any atom is -0.396 e. The summed E-state index contributed by atoms with van der Waals surface area (Å²) < 4.78 is 0. The van der Waals surface area contributed by atoms with Gasteiger partial charge in [0.2, 0.25) is 0 Å². The standard InChI is InChI=1S/C11H14ClNO/c12-10-3-1-2-8(4-10)11(7-14)9-5-13-6-9/h1-4,9,11,13-14H,5-7H2. The molecule has 1 saturated heterocycles. The van der Waals surface area contributed by atoms with E-state index in [4.69, 9.17) is 11.6 Å². The zero-order chi connectivity index (χ0) is 9.97. The van der Waals surface area contributed by atoms with Gasteiger partial charge in [0.25, 0.3) is 0 Å². The maximum Gasteiger partial charge on any atom is 0.0503 e. The van der Waals surface area contributed by atoms with Crippen molar-refractivity contribution in [2.45, 2.75) is 5.92 Å². The molecule has 1 aromatic carbocycles. The molecule has 0 amide bonds. The number of aliphatic hydroxyl groups is 1. The van der Waals surface area contributed by atoms with E-state index in [0.717, 1.165) is 23.7 Å². The first-order chi connectivity index (χ1) is 6.81. The maximum atomic E-state index is 9.33. The number of aliphatic hydroxyl groups excluding tert-OH is 1. The Balaban J connectivity index is 2.17. The molecule has 1 aliphatic heterocycles. The average molecular weight is 212 g/mol. The van der Waals surface area contributed by atoms with Gasteiger partial charge >= 0.3 is 0 Å². The Morgan fingerprint density at radius 2 is 2.29 bits per heavy atom. The van der Waals surface area contributed by atoms with E-state index in [0.29, 0.717) is 5.92 Å². The van der Waals surface area contributed by atoms with E-state index < -0.39 is 0 Å². The van der Waals surface area contributed by atoms with Gasteiger partial charge in [0.15, 0.2) is 0 Å². The van der Waals surface area contributed by atoms with Crippen molar-refractivity contribution in [2.24, 2.45) is 5.92 Å². The first-order valence-corrected chi connectivity index (χ1v) is 5.26. The fourth-order valence-electron chi connectivity index (χ4n) is 1.86. The third kappa shape index (κ3) is 1.92. The number of hydrogen-bond acceptors (Lipinski definition) is 2. The fraction of sp³-hybridized carbons (Fsp3) is 0.455. The number of benzene rings is 1. The lowest BCUT2D eigenvalue weighted by molar-refractivity contribution is 0.188. The molecule has 2 nitrogen and oxygen atoms in total. The molecular formula is C11H14ClNO. The van der Waals surface area contributed by atoms with Crippen molar-refractivity contribution >= 4 is 11.6 Å². The lowest BCUT2D eigenvalue weighted by Crippen LogP contribution is -2.46. The molecular weight excluding hydrogens is 198 g/mol. The largest absolute Gasteiger partial charge is 0.396 e. The van der Waals surface area contributed by atoms with Gasteiger partial charge in [-0.15, -0.1) is 0 Å². The minimum absolute atomic E-state index is 0.201. The molecule has 2 rings (SSSR count). The van der Waals surface area contributed by atoms with Gasteiger partial charge in [0.1, 0.15) is 0 Å². The van der Waals surface area contributed by atoms with E-state index in [9.17, 15) is 5.11 Å². The Kier molecular flexibility index (Phi) is 3.06. The van der Waals surface area contributed by atoms with E-state index in [1.165, 1.54) is 0 Å². The van der Waals surface area contributed by atoms with Crippen LogP contribution in [0.25, 0.3) is 0 Å². The van der Waals surface area contributed by atoms with Crippen LogP contribution in [0.15, 0.2) is 24.3 Å². The number of rotatable bonds is 3. The van der Waals surface area contributed by atoms with Crippen LogP contribution in [0.4, 0.5) is 0 Å². The van der Waals surface area contributed by atoms with Crippen LogP contribution in [0.3, 0.4) is 0 Å². The Morgan fingerprint density at radius 3 is 2.79 bits per heavy atom. The number of nitrogens with one attached hydrogen (secondary N) is 1. The molecule has 14 heavy (non-hydrogen) atoms. The highest BCUT2D eigenvalue weighted by Gasteiger charge is 2.27. The van der Waals surface area contributed by atoms with E-state index in [2.05, 4.69) is 5.32 Å². The van der Waals surface area contributed by atoms with Crippen molar-refractivity contribution in [2.75, 3.05) is 19.7 Å². The summed E-state index contributed by atoms with van der Waals surface area (Å²) in [6.07, 6.45) is 0. The molecule has 3 heteroatoms. The summed E-state index contributed by atoms with van der Waals surface area (Å²) in [4.78, 5) is 0. The SMILES string of the molecule is OCC(c1cccc(Cl)c1)C1CNC1. The Hall–Kier alpha value is -0.570. The summed E-state index contributed by atoms with van der Waals surface area (Å²) in [5.41, 5.74) is 1.14. The number of hydrogen-bond donors (Lipinski definition) is 2. The van der Waals surface area contributed by atoms with Gasteiger partial charge in [-0.2, -0.15) is 0 Å². The zero-order valence-electron chi connectivity index (χ0n) is 7.91. The minimum atomic E-state index is 0.201. The van der Waals surface area contributed by atoms with E-state index in [1.54, 1.807) is 0 Å². The Labute approximate surface area is 88.9 Å². The summed E-state index contributed by atoms with van der Waals surface area (Å²) in [5.74, 6) is 0.786. The summed E-state index contributed by atoms with van der Waals surface area (Å²) in [5, 5.41) is 13.3. The predicted octanol–water partition coefficient (Wildman–Crippen LogP) is 1.64.